The zero-order valence-electron chi connectivity index (χ0n) is 6.46. The molecule has 0 aromatic carbocycles. The van der Waals surface area contributed by atoms with Gasteiger partial charge in [-0.3, -0.25) is 4.79 Å². The van der Waals surface area contributed by atoms with Crippen LogP contribution in [0.1, 0.15) is 12.8 Å². The lowest BCUT2D eigenvalue weighted by atomic mass is 10.1. The van der Waals surface area contributed by atoms with Gasteiger partial charge in [-0.05, 0) is 12.8 Å². The SMILES string of the molecule is NCC(Cl)(Cl)CC[C@H](N)C(=O)O. The standard InChI is InChI=1S/C6H12Cl2N2O2/c7-6(8,3-9)2-1-4(10)5(11)12/h4H,1-3,9-10H2,(H,11,12)/t4-/m0/s1. The lowest BCUT2D eigenvalue weighted by Gasteiger charge is -2.17. The van der Waals surface area contributed by atoms with E-state index in [-0.39, 0.29) is 19.4 Å². The van der Waals surface area contributed by atoms with Crippen LogP contribution in [0.2, 0.25) is 0 Å². The van der Waals surface area contributed by atoms with Gasteiger partial charge in [0, 0.05) is 6.54 Å². The van der Waals surface area contributed by atoms with Crippen LogP contribution in [0.4, 0.5) is 0 Å². The predicted octanol–water partition coefficient (Wildman–Crippen LogP) is 0.311. The molecule has 0 aliphatic heterocycles. The second-order valence-corrected chi connectivity index (χ2v) is 4.18. The summed E-state index contributed by atoms with van der Waals surface area (Å²) in [6.07, 6.45) is 0.500. The van der Waals surface area contributed by atoms with Gasteiger partial charge in [-0.2, -0.15) is 0 Å². The Bertz CT molecular complexity index is 164. The van der Waals surface area contributed by atoms with Crippen molar-refractivity contribution in [2.24, 2.45) is 11.5 Å². The summed E-state index contributed by atoms with van der Waals surface area (Å²) in [7, 11) is 0. The second kappa shape index (κ2) is 4.87. The van der Waals surface area contributed by atoms with Crippen LogP contribution >= 0.6 is 23.2 Å². The van der Waals surface area contributed by atoms with Crippen LogP contribution in [0.3, 0.4) is 0 Å². The second-order valence-electron chi connectivity index (χ2n) is 2.54. The molecule has 12 heavy (non-hydrogen) atoms. The largest absolute Gasteiger partial charge is 0.480 e. The maximum absolute atomic E-state index is 10.3. The Morgan fingerprint density at radius 3 is 2.42 bits per heavy atom. The Morgan fingerprint density at radius 1 is 1.58 bits per heavy atom. The van der Waals surface area contributed by atoms with Gasteiger partial charge in [0.05, 0.1) is 0 Å². The first kappa shape index (κ1) is 12.0. The number of carboxylic acid groups (broad SMARTS) is 1. The smallest absolute Gasteiger partial charge is 0.320 e. The maximum atomic E-state index is 10.3. The molecular formula is C6H12Cl2N2O2. The van der Waals surface area contributed by atoms with Crippen molar-refractivity contribution in [2.45, 2.75) is 23.2 Å². The minimum atomic E-state index is -1.06. The number of nitrogens with two attached hydrogens (primary N) is 2. The fourth-order valence-electron chi connectivity index (χ4n) is 0.592. The van der Waals surface area contributed by atoms with Gasteiger partial charge in [-0.1, -0.05) is 0 Å². The number of rotatable bonds is 5. The van der Waals surface area contributed by atoms with E-state index in [0.717, 1.165) is 0 Å². The molecule has 0 saturated carbocycles. The molecule has 4 nitrogen and oxygen atoms in total. The van der Waals surface area contributed by atoms with Gasteiger partial charge in [-0.15, -0.1) is 23.2 Å². The summed E-state index contributed by atoms with van der Waals surface area (Å²) in [6.45, 7) is 0.0858. The molecule has 0 saturated heterocycles. The summed E-state index contributed by atoms with van der Waals surface area (Å²) in [4.78, 5) is 10.3. The molecule has 6 heteroatoms. The topological polar surface area (TPSA) is 89.3 Å². The van der Waals surface area contributed by atoms with Crippen LogP contribution in [0.25, 0.3) is 0 Å². The third kappa shape index (κ3) is 4.77. The van der Waals surface area contributed by atoms with Gasteiger partial charge in [0.2, 0.25) is 0 Å². The first-order chi connectivity index (χ1) is 5.39. The third-order valence-electron chi connectivity index (χ3n) is 1.44. The molecule has 0 heterocycles. The molecule has 0 aliphatic rings. The average molecular weight is 215 g/mol. The number of halogens is 2. The van der Waals surface area contributed by atoms with Gasteiger partial charge < -0.3 is 16.6 Å². The van der Waals surface area contributed by atoms with Gasteiger partial charge >= 0.3 is 5.97 Å². The number of carboxylic acids is 1. The lowest BCUT2D eigenvalue weighted by Crippen LogP contribution is -2.34. The van der Waals surface area contributed by atoms with E-state index in [1.54, 1.807) is 0 Å². The molecule has 0 fully saturated rings. The predicted molar refractivity (Wildman–Crippen MR) is 48.3 cm³/mol. The van der Waals surface area contributed by atoms with E-state index < -0.39 is 16.3 Å². The van der Waals surface area contributed by atoms with Crippen LogP contribution in [-0.2, 0) is 4.79 Å². The van der Waals surface area contributed by atoms with E-state index in [9.17, 15) is 4.79 Å². The van der Waals surface area contributed by atoms with Crippen molar-refractivity contribution < 1.29 is 9.90 Å². The Hall–Kier alpha value is -0.0300. The van der Waals surface area contributed by atoms with Crippen LogP contribution in [0.15, 0.2) is 0 Å². The van der Waals surface area contributed by atoms with Gasteiger partial charge in [-0.25, -0.2) is 0 Å². The van der Waals surface area contributed by atoms with E-state index in [1.165, 1.54) is 0 Å². The van der Waals surface area contributed by atoms with Crippen molar-refractivity contribution in [3.63, 3.8) is 0 Å². The van der Waals surface area contributed by atoms with Crippen LogP contribution < -0.4 is 11.5 Å². The minimum absolute atomic E-state index is 0.0858. The molecule has 0 aromatic rings. The van der Waals surface area contributed by atoms with E-state index >= 15 is 0 Å². The summed E-state index contributed by atoms with van der Waals surface area (Å²) < 4.78 is -1.06. The van der Waals surface area contributed by atoms with Gasteiger partial charge in [0.1, 0.15) is 10.4 Å². The molecule has 1 atom stereocenters. The highest BCUT2D eigenvalue weighted by molar-refractivity contribution is 6.48. The summed E-state index contributed by atoms with van der Waals surface area (Å²) in [6, 6.07) is -0.923. The Balaban J connectivity index is 3.75. The number of alkyl halides is 2. The first-order valence-corrected chi connectivity index (χ1v) is 4.21. The van der Waals surface area contributed by atoms with E-state index in [4.69, 9.17) is 39.8 Å². The van der Waals surface area contributed by atoms with Crippen molar-refractivity contribution >= 4 is 29.2 Å². The Kier molecular flexibility index (Phi) is 4.85. The zero-order chi connectivity index (χ0) is 9.78. The van der Waals surface area contributed by atoms with Crippen LogP contribution in [0, 0.1) is 0 Å². The molecule has 0 aliphatic carbocycles. The van der Waals surface area contributed by atoms with Gasteiger partial charge in [0.25, 0.3) is 0 Å². The van der Waals surface area contributed by atoms with Crippen molar-refractivity contribution in [2.75, 3.05) is 6.54 Å². The van der Waals surface area contributed by atoms with Crippen LogP contribution in [0.5, 0.6) is 0 Å². The summed E-state index contributed by atoms with van der Waals surface area (Å²) in [5.41, 5.74) is 10.4. The summed E-state index contributed by atoms with van der Waals surface area (Å²) in [5.74, 6) is -1.06. The third-order valence-corrected chi connectivity index (χ3v) is 2.12. The maximum Gasteiger partial charge on any atom is 0.320 e. The lowest BCUT2D eigenvalue weighted by molar-refractivity contribution is -0.138. The fraction of sp³-hybridized carbons (Fsp3) is 0.833. The number of hydrogen-bond acceptors (Lipinski definition) is 3. The highest BCUT2D eigenvalue weighted by atomic mass is 35.5. The van der Waals surface area contributed by atoms with Crippen molar-refractivity contribution in [1.29, 1.82) is 0 Å². The van der Waals surface area contributed by atoms with Crippen molar-refractivity contribution in [3.05, 3.63) is 0 Å². The Labute approximate surface area is 80.8 Å². The molecule has 72 valence electrons. The molecular weight excluding hydrogens is 203 g/mol. The minimum Gasteiger partial charge on any atom is -0.480 e. The van der Waals surface area contributed by atoms with E-state index in [2.05, 4.69) is 0 Å². The van der Waals surface area contributed by atoms with Gasteiger partial charge in [0.15, 0.2) is 0 Å². The first-order valence-electron chi connectivity index (χ1n) is 3.45. The molecule has 0 aromatic heterocycles. The van der Waals surface area contributed by atoms with Crippen molar-refractivity contribution in [1.82, 2.24) is 0 Å². The number of aliphatic carboxylic acids is 1. The molecule has 5 N–H and O–H groups in total. The summed E-state index contributed by atoms with van der Waals surface area (Å²) in [5, 5.41) is 8.41. The van der Waals surface area contributed by atoms with E-state index in [0.29, 0.717) is 0 Å². The quantitative estimate of drug-likeness (QED) is 0.576. The Morgan fingerprint density at radius 2 is 2.08 bits per heavy atom. The molecule has 0 rings (SSSR count). The zero-order valence-corrected chi connectivity index (χ0v) is 7.98. The molecule has 0 amide bonds. The molecule has 0 unspecified atom stereocenters. The summed E-state index contributed by atoms with van der Waals surface area (Å²) >= 11 is 11.3. The van der Waals surface area contributed by atoms with Crippen LogP contribution in [-0.4, -0.2) is 28.0 Å². The average Bonchev–Trinajstić information content (AvgIpc) is 2.00. The molecule has 0 spiro atoms. The van der Waals surface area contributed by atoms with E-state index in [1.807, 2.05) is 0 Å². The molecule has 0 radical (unpaired) electrons. The molecule has 0 bridgehead atoms. The normalized spacial score (nSPS) is 14.3. The van der Waals surface area contributed by atoms with Crippen molar-refractivity contribution in [3.8, 4) is 0 Å². The monoisotopic (exact) mass is 214 g/mol. The highest BCUT2D eigenvalue weighted by Crippen LogP contribution is 2.25. The number of carbonyl (C=O) groups is 1. The highest BCUT2D eigenvalue weighted by Gasteiger charge is 2.24. The number of hydrogen-bond donors (Lipinski definition) is 3. The fourth-order valence-corrected chi connectivity index (χ4v) is 0.810.